The summed E-state index contributed by atoms with van der Waals surface area (Å²) < 4.78 is 5.64. The molecule has 1 saturated carbocycles. The number of nitrogens with two attached hydrogens (primary N) is 1. The third kappa shape index (κ3) is 6.00. The van der Waals surface area contributed by atoms with Gasteiger partial charge in [0.1, 0.15) is 29.1 Å². The second-order valence-electron chi connectivity index (χ2n) is 9.99. The lowest BCUT2D eigenvalue weighted by molar-refractivity contribution is 0.0599. The summed E-state index contributed by atoms with van der Waals surface area (Å²) in [4.78, 5) is 36.4. The van der Waals surface area contributed by atoms with Gasteiger partial charge >= 0.3 is 6.09 Å². The molecule has 2 aromatic carbocycles. The molecule has 3 N–H and O–H groups in total. The number of nitrogen functional groups attached to an aromatic ring is 1. The van der Waals surface area contributed by atoms with E-state index in [-0.39, 0.29) is 23.2 Å². The van der Waals surface area contributed by atoms with Gasteiger partial charge in [0, 0.05) is 11.6 Å². The van der Waals surface area contributed by atoms with Gasteiger partial charge in [-0.25, -0.2) is 19.7 Å². The fourth-order valence-electron chi connectivity index (χ4n) is 4.32. The number of hydrogen-bond acceptors (Lipinski definition) is 7. The van der Waals surface area contributed by atoms with Crippen molar-refractivity contribution in [2.45, 2.75) is 64.5 Å². The van der Waals surface area contributed by atoms with Crippen LogP contribution >= 0.6 is 0 Å². The number of ether oxygens (including phenoxy) is 1. The summed E-state index contributed by atoms with van der Waals surface area (Å²) in [6.45, 7) is 5.46. The standard InChI is InChI=1S/C28H33N5O3/c1-28(2,3)36-27(35)33(21-12-8-5-9-13-21)22-16-14-19(15-17-22)24(34)23-25(29)30-18-31-26(23)32-20-10-6-4-7-11-20/h5,8-9,12-18,20H,4,6-7,10-11H2,1-3H3,(H3,29,30,31,32). The summed E-state index contributed by atoms with van der Waals surface area (Å²) in [5, 5.41) is 3.41. The minimum absolute atomic E-state index is 0.136. The number of anilines is 4. The van der Waals surface area contributed by atoms with Crippen molar-refractivity contribution in [1.29, 1.82) is 0 Å². The van der Waals surface area contributed by atoms with E-state index >= 15 is 0 Å². The van der Waals surface area contributed by atoms with Crippen LogP contribution in [0.1, 0.15) is 68.8 Å². The van der Waals surface area contributed by atoms with Crippen molar-refractivity contribution < 1.29 is 14.3 Å². The summed E-state index contributed by atoms with van der Waals surface area (Å²) in [7, 11) is 0. The Balaban J connectivity index is 1.62. The van der Waals surface area contributed by atoms with Gasteiger partial charge in [0.15, 0.2) is 5.78 Å². The van der Waals surface area contributed by atoms with Crippen LogP contribution in [0.5, 0.6) is 0 Å². The first kappa shape index (κ1) is 25.2. The molecule has 1 heterocycles. The molecule has 4 rings (SSSR count). The first-order valence-corrected chi connectivity index (χ1v) is 12.3. The van der Waals surface area contributed by atoms with Crippen LogP contribution in [0, 0.1) is 0 Å². The molecular weight excluding hydrogens is 454 g/mol. The second-order valence-corrected chi connectivity index (χ2v) is 9.99. The molecule has 36 heavy (non-hydrogen) atoms. The highest BCUT2D eigenvalue weighted by molar-refractivity contribution is 6.14. The number of ketones is 1. The van der Waals surface area contributed by atoms with Gasteiger partial charge in [0.2, 0.25) is 0 Å². The molecule has 0 radical (unpaired) electrons. The maximum Gasteiger partial charge on any atom is 0.419 e. The normalized spacial score (nSPS) is 14.2. The van der Waals surface area contributed by atoms with E-state index in [0.29, 0.717) is 22.8 Å². The molecule has 3 aromatic rings. The molecule has 1 aliphatic carbocycles. The van der Waals surface area contributed by atoms with E-state index in [1.165, 1.54) is 17.6 Å². The number of nitrogens with one attached hydrogen (secondary N) is 1. The molecular formula is C28H33N5O3. The molecule has 8 nitrogen and oxygen atoms in total. The maximum atomic E-state index is 13.5. The van der Waals surface area contributed by atoms with Crippen molar-refractivity contribution in [3.63, 3.8) is 0 Å². The number of rotatable bonds is 6. The van der Waals surface area contributed by atoms with Crippen LogP contribution < -0.4 is 16.0 Å². The number of aromatic nitrogens is 2. The van der Waals surface area contributed by atoms with Gasteiger partial charge in [-0.3, -0.25) is 4.79 Å². The Morgan fingerprint density at radius 3 is 2.22 bits per heavy atom. The van der Waals surface area contributed by atoms with E-state index in [1.54, 1.807) is 24.3 Å². The first-order valence-electron chi connectivity index (χ1n) is 12.3. The fraction of sp³-hybridized carbons (Fsp3) is 0.357. The molecule has 0 bridgehead atoms. The van der Waals surface area contributed by atoms with E-state index in [2.05, 4.69) is 15.3 Å². The number of hydrogen-bond donors (Lipinski definition) is 2. The van der Waals surface area contributed by atoms with E-state index in [4.69, 9.17) is 10.5 Å². The predicted molar refractivity (Wildman–Crippen MR) is 142 cm³/mol. The summed E-state index contributed by atoms with van der Waals surface area (Å²) >= 11 is 0. The Morgan fingerprint density at radius 1 is 0.944 bits per heavy atom. The quantitative estimate of drug-likeness (QED) is 0.404. The van der Waals surface area contributed by atoms with E-state index in [0.717, 1.165) is 25.7 Å². The average molecular weight is 488 g/mol. The molecule has 0 aliphatic heterocycles. The van der Waals surface area contributed by atoms with E-state index in [1.807, 2.05) is 51.1 Å². The Labute approximate surface area is 211 Å². The van der Waals surface area contributed by atoms with Crippen LogP contribution in [-0.4, -0.2) is 33.5 Å². The molecule has 0 unspecified atom stereocenters. The van der Waals surface area contributed by atoms with Gasteiger partial charge in [-0.1, -0.05) is 37.5 Å². The lowest BCUT2D eigenvalue weighted by atomic mass is 9.95. The smallest absolute Gasteiger partial charge is 0.419 e. The van der Waals surface area contributed by atoms with E-state index < -0.39 is 11.7 Å². The van der Waals surface area contributed by atoms with Crippen LogP contribution in [0.4, 0.5) is 27.8 Å². The topological polar surface area (TPSA) is 110 Å². The summed E-state index contributed by atoms with van der Waals surface area (Å²) in [5.74, 6) is 0.321. The molecule has 1 aromatic heterocycles. The molecule has 1 fully saturated rings. The highest BCUT2D eigenvalue weighted by Crippen LogP contribution is 2.30. The van der Waals surface area contributed by atoms with Gasteiger partial charge in [0.25, 0.3) is 0 Å². The zero-order valence-corrected chi connectivity index (χ0v) is 21.0. The fourth-order valence-corrected chi connectivity index (χ4v) is 4.32. The highest BCUT2D eigenvalue weighted by Gasteiger charge is 2.26. The third-order valence-corrected chi connectivity index (χ3v) is 6.03. The Hall–Kier alpha value is -3.94. The van der Waals surface area contributed by atoms with Crippen LogP contribution in [0.15, 0.2) is 60.9 Å². The van der Waals surface area contributed by atoms with Gasteiger partial charge in [-0.15, -0.1) is 0 Å². The molecule has 1 amide bonds. The van der Waals surface area contributed by atoms with Crippen molar-refractivity contribution in [3.05, 3.63) is 72.1 Å². The highest BCUT2D eigenvalue weighted by atomic mass is 16.6. The van der Waals surface area contributed by atoms with Crippen molar-refractivity contribution in [2.75, 3.05) is 16.0 Å². The lowest BCUT2D eigenvalue weighted by Crippen LogP contribution is -2.33. The number of benzene rings is 2. The maximum absolute atomic E-state index is 13.5. The third-order valence-electron chi connectivity index (χ3n) is 6.03. The Kier molecular flexibility index (Phi) is 7.52. The summed E-state index contributed by atoms with van der Waals surface area (Å²) in [6, 6.07) is 16.3. The largest absolute Gasteiger partial charge is 0.443 e. The number of para-hydroxylation sites is 1. The van der Waals surface area contributed by atoms with Crippen LogP contribution in [-0.2, 0) is 4.74 Å². The summed E-state index contributed by atoms with van der Waals surface area (Å²) in [5.41, 5.74) is 7.39. The molecule has 188 valence electrons. The Morgan fingerprint density at radius 2 is 1.58 bits per heavy atom. The number of nitrogens with zero attached hydrogens (tertiary/aromatic N) is 3. The minimum atomic E-state index is -0.660. The molecule has 8 heteroatoms. The molecule has 0 saturated heterocycles. The van der Waals surface area contributed by atoms with Crippen molar-refractivity contribution in [1.82, 2.24) is 9.97 Å². The van der Waals surface area contributed by atoms with Crippen molar-refractivity contribution in [2.24, 2.45) is 0 Å². The monoisotopic (exact) mass is 487 g/mol. The number of amides is 1. The SMILES string of the molecule is CC(C)(C)OC(=O)N(c1ccccc1)c1ccc(C(=O)c2c(N)ncnc2NC2CCCCC2)cc1. The Bertz CT molecular complexity index is 1200. The zero-order valence-electron chi connectivity index (χ0n) is 21.0. The summed E-state index contributed by atoms with van der Waals surface area (Å²) in [6.07, 6.45) is 6.47. The van der Waals surface area contributed by atoms with Gasteiger partial charge in [0.05, 0.1) is 11.4 Å². The van der Waals surface area contributed by atoms with Gasteiger partial charge < -0.3 is 15.8 Å². The number of carbonyl (C=O) groups is 2. The van der Waals surface area contributed by atoms with E-state index in [9.17, 15) is 9.59 Å². The van der Waals surface area contributed by atoms with Crippen molar-refractivity contribution in [3.8, 4) is 0 Å². The number of carbonyl (C=O) groups excluding carboxylic acids is 2. The van der Waals surface area contributed by atoms with Crippen LogP contribution in [0.2, 0.25) is 0 Å². The molecule has 0 spiro atoms. The van der Waals surface area contributed by atoms with Gasteiger partial charge in [-0.2, -0.15) is 0 Å². The van der Waals surface area contributed by atoms with Crippen molar-refractivity contribution >= 4 is 34.9 Å². The molecule has 0 atom stereocenters. The lowest BCUT2D eigenvalue weighted by Gasteiger charge is -2.27. The second kappa shape index (κ2) is 10.8. The van der Waals surface area contributed by atoms with Crippen LogP contribution in [0.25, 0.3) is 0 Å². The molecule has 1 aliphatic rings. The zero-order chi connectivity index (χ0) is 25.7. The first-order chi connectivity index (χ1) is 17.2. The minimum Gasteiger partial charge on any atom is -0.443 e. The predicted octanol–water partition coefficient (Wildman–Crippen LogP) is 6.11. The van der Waals surface area contributed by atoms with Crippen LogP contribution in [0.3, 0.4) is 0 Å². The van der Waals surface area contributed by atoms with Gasteiger partial charge in [-0.05, 0) is 70.0 Å². The average Bonchev–Trinajstić information content (AvgIpc) is 2.85.